The van der Waals surface area contributed by atoms with Crippen molar-refractivity contribution in [1.29, 1.82) is 0 Å². The highest BCUT2D eigenvalue weighted by molar-refractivity contribution is 7.92. The number of anilines is 2. The monoisotopic (exact) mass is 394 g/mol. The number of carbonyl (C=O) groups is 1. The van der Waals surface area contributed by atoms with Crippen LogP contribution in [0.15, 0.2) is 71.6 Å². The van der Waals surface area contributed by atoms with E-state index in [4.69, 9.17) is 0 Å². The number of aryl methyl sites for hydroxylation is 3. The van der Waals surface area contributed by atoms with E-state index in [9.17, 15) is 13.2 Å². The summed E-state index contributed by atoms with van der Waals surface area (Å²) in [6.07, 6.45) is 0. The molecule has 0 atom stereocenters. The smallest absolute Gasteiger partial charge is 0.261 e. The summed E-state index contributed by atoms with van der Waals surface area (Å²) in [4.78, 5) is 12.5. The van der Waals surface area contributed by atoms with Gasteiger partial charge in [0.2, 0.25) is 0 Å². The minimum atomic E-state index is -3.75. The molecule has 0 aromatic heterocycles. The van der Waals surface area contributed by atoms with Crippen LogP contribution in [0, 0.1) is 20.8 Å². The van der Waals surface area contributed by atoms with Crippen molar-refractivity contribution in [2.24, 2.45) is 0 Å². The van der Waals surface area contributed by atoms with Gasteiger partial charge in [0.1, 0.15) is 0 Å². The number of hydrogen-bond donors (Lipinski definition) is 2. The quantitative estimate of drug-likeness (QED) is 0.661. The third-order valence-electron chi connectivity index (χ3n) is 4.54. The molecule has 6 heteroatoms. The van der Waals surface area contributed by atoms with Crippen molar-refractivity contribution in [3.05, 3.63) is 89.0 Å². The Morgan fingerprint density at radius 1 is 0.750 bits per heavy atom. The lowest BCUT2D eigenvalue weighted by molar-refractivity contribution is 0.102. The van der Waals surface area contributed by atoms with Gasteiger partial charge in [-0.25, -0.2) is 8.42 Å². The van der Waals surface area contributed by atoms with Crippen molar-refractivity contribution in [2.45, 2.75) is 25.7 Å². The van der Waals surface area contributed by atoms with E-state index in [0.717, 1.165) is 22.4 Å². The number of sulfonamides is 1. The van der Waals surface area contributed by atoms with Gasteiger partial charge in [0.05, 0.1) is 10.6 Å². The molecule has 5 nitrogen and oxygen atoms in total. The van der Waals surface area contributed by atoms with Gasteiger partial charge in [-0.1, -0.05) is 36.4 Å². The van der Waals surface area contributed by atoms with E-state index in [1.165, 1.54) is 24.3 Å². The number of benzene rings is 3. The van der Waals surface area contributed by atoms with Gasteiger partial charge in [-0.05, 0) is 67.8 Å². The maximum Gasteiger partial charge on any atom is 0.261 e. The number of para-hydroxylation sites is 2. The van der Waals surface area contributed by atoms with Crippen LogP contribution in [0.2, 0.25) is 0 Å². The van der Waals surface area contributed by atoms with Crippen LogP contribution < -0.4 is 10.0 Å². The van der Waals surface area contributed by atoms with E-state index in [1.54, 1.807) is 0 Å². The van der Waals surface area contributed by atoms with Crippen molar-refractivity contribution in [1.82, 2.24) is 0 Å². The number of carbonyl (C=O) groups excluding carboxylic acids is 1. The van der Waals surface area contributed by atoms with Gasteiger partial charge < -0.3 is 5.32 Å². The number of amides is 1. The number of hydrogen-bond acceptors (Lipinski definition) is 3. The molecule has 0 saturated heterocycles. The first-order valence-electron chi connectivity index (χ1n) is 8.84. The Kier molecular flexibility index (Phi) is 5.51. The summed E-state index contributed by atoms with van der Waals surface area (Å²) in [5, 5.41) is 2.84. The predicted molar refractivity (Wildman–Crippen MR) is 112 cm³/mol. The normalized spacial score (nSPS) is 11.1. The molecule has 144 valence electrons. The molecule has 0 aliphatic heterocycles. The first-order valence-corrected chi connectivity index (χ1v) is 10.3. The number of rotatable bonds is 5. The van der Waals surface area contributed by atoms with Crippen molar-refractivity contribution in [3.8, 4) is 0 Å². The predicted octanol–water partition coefficient (Wildman–Crippen LogP) is 4.66. The van der Waals surface area contributed by atoms with Crippen LogP contribution in [0.25, 0.3) is 0 Å². The number of nitrogens with one attached hydrogen (secondary N) is 2. The minimum absolute atomic E-state index is 0.0996. The van der Waals surface area contributed by atoms with Crippen molar-refractivity contribution < 1.29 is 13.2 Å². The average Bonchev–Trinajstić information content (AvgIpc) is 2.67. The third-order valence-corrected chi connectivity index (χ3v) is 5.90. The molecule has 3 rings (SSSR count). The second-order valence-corrected chi connectivity index (χ2v) is 8.35. The highest BCUT2D eigenvalue weighted by Gasteiger charge is 2.17. The maximum atomic E-state index is 12.7. The van der Waals surface area contributed by atoms with Crippen LogP contribution in [-0.2, 0) is 10.0 Å². The zero-order chi connectivity index (χ0) is 20.3. The highest BCUT2D eigenvalue weighted by Crippen LogP contribution is 2.24. The van der Waals surface area contributed by atoms with E-state index in [1.807, 2.05) is 63.2 Å². The molecule has 3 aromatic carbocycles. The summed E-state index contributed by atoms with van der Waals surface area (Å²) in [6.45, 7) is 5.61. The van der Waals surface area contributed by atoms with E-state index in [2.05, 4.69) is 10.0 Å². The second-order valence-electron chi connectivity index (χ2n) is 6.67. The SMILES string of the molecule is Cc1ccccc1NC(=O)c1ccc(S(=O)(=O)Nc2c(C)cccc2C)cc1. The lowest BCUT2D eigenvalue weighted by atomic mass is 10.1. The molecule has 0 aliphatic carbocycles. The Balaban J connectivity index is 1.80. The Morgan fingerprint density at radius 2 is 1.32 bits per heavy atom. The van der Waals surface area contributed by atoms with E-state index in [-0.39, 0.29) is 10.8 Å². The standard InChI is InChI=1S/C22H22N2O3S/c1-15-7-4-5-10-20(15)23-22(25)18-11-13-19(14-12-18)28(26,27)24-21-16(2)8-6-9-17(21)3/h4-14,24H,1-3H3,(H,23,25). The first-order chi connectivity index (χ1) is 13.3. The lowest BCUT2D eigenvalue weighted by Crippen LogP contribution is -2.16. The van der Waals surface area contributed by atoms with Gasteiger partial charge in [0, 0.05) is 11.3 Å². The molecule has 0 radical (unpaired) electrons. The fraction of sp³-hybridized carbons (Fsp3) is 0.136. The molecule has 0 unspecified atom stereocenters. The van der Waals surface area contributed by atoms with Gasteiger partial charge in [0.25, 0.3) is 15.9 Å². The van der Waals surface area contributed by atoms with Crippen LogP contribution in [0.4, 0.5) is 11.4 Å². The molecule has 0 heterocycles. The molecule has 0 aliphatic rings. The minimum Gasteiger partial charge on any atom is -0.322 e. The topological polar surface area (TPSA) is 75.3 Å². The van der Waals surface area contributed by atoms with Crippen molar-refractivity contribution in [3.63, 3.8) is 0 Å². The molecular formula is C22H22N2O3S. The van der Waals surface area contributed by atoms with E-state index >= 15 is 0 Å². The molecule has 2 N–H and O–H groups in total. The Bertz CT molecular complexity index is 1100. The summed E-state index contributed by atoms with van der Waals surface area (Å²) in [6, 6.07) is 18.9. The van der Waals surface area contributed by atoms with Crippen LogP contribution in [-0.4, -0.2) is 14.3 Å². The second kappa shape index (κ2) is 7.86. The molecule has 28 heavy (non-hydrogen) atoms. The maximum absolute atomic E-state index is 12.7. The van der Waals surface area contributed by atoms with Gasteiger partial charge >= 0.3 is 0 Å². The van der Waals surface area contributed by atoms with Crippen LogP contribution in [0.3, 0.4) is 0 Å². The lowest BCUT2D eigenvalue weighted by Gasteiger charge is -2.13. The molecular weight excluding hydrogens is 372 g/mol. The van der Waals surface area contributed by atoms with E-state index < -0.39 is 10.0 Å². The summed E-state index contributed by atoms with van der Waals surface area (Å²) in [5.74, 6) is -0.291. The largest absolute Gasteiger partial charge is 0.322 e. The highest BCUT2D eigenvalue weighted by atomic mass is 32.2. The molecule has 3 aromatic rings. The zero-order valence-corrected chi connectivity index (χ0v) is 16.8. The fourth-order valence-corrected chi connectivity index (χ4v) is 4.06. The van der Waals surface area contributed by atoms with Crippen molar-refractivity contribution in [2.75, 3.05) is 10.0 Å². The summed E-state index contributed by atoms with van der Waals surface area (Å²) in [5.41, 5.74) is 4.32. The Labute approximate surface area is 165 Å². The van der Waals surface area contributed by atoms with E-state index in [0.29, 0.717) is 11.3 Å². The zero-order valence-electron chi connectivity index (χ0n) is 16.0. The molecule has 0 saturated carbocycles. The van der Waals surface area contributed by atoms with Crippen molar-refractivity contribution >= 4 is 27.3 Å². The molecule has 0 spiro atoms. The van der Waals surface area contributed by atoms with Gasteiger partial charge in [0.15, 0.2) is 0 Å². The first kappa shape index (κ1) is 19.6. The van der Waals surface area contributed by atoms with Gasteiger partial charge in [-0.3, -0.25) is 9.52 Å². The van der Waals surface area contributed by atoms with Crippen LogP contribution >= 0.6 is 0 Å². The Morgan fingerprint density at radius 3 is 1.93 bits per heavy atom. The van der Waals surface area contributed by atoms with Crippen LogP contribution in [0.1, 0.15) is 27.0 Å². The Hall–Kier alpha value is -3.12. The van der Waals surface area contributed by atoms with Gasteiger partial charge in [-0.2, -0.15) is 0 Å². The molecule has 0 fully saturated rings. The van der Waals surface area contributed by atoms with Gasteiger partial charge in [-0.15, -0.1) is 0 Å². The van der Waals surface area contributed by atoms with Crippen LogP contribution in [0.5, 0.6) is 0 Å². The average molecular weight is 394 g/mol. The fourth-order valence-electron chi connectivity index (χ4n) is 2.86. The summed E-state index contributed by atoms with van der Waals surface area (Å²) in [7, 11) is -3.75. The third kappa shape index (κ3) is 4.23. The molecule has 1 amide bonds. The summed E-state index contributed by atoms with van der Waals surface area (Å²) < 4.78 is 28.1. The summed E-state index contributed by atoms with van der Waals surface area (Å²) >= 11 is 0. The molecule has 0 bridgehead atoms.